The van der Waals surface area contributed by atoms with Crippen molar-refractivity contribution in [1.82, 2.24) is 5.48 Å². The molecule has 3 nitrogen and oxygen atoms in total. The molecule has 1 aliphatic rings. The highest BCUT2D eigenvalue weighted by Crippen LogP contribution is 2.39. The molecule has 1 N–H and O–H groups in total. The zero-order chi connectivity index (χ0) is 14.0. The first-order valence-corrected chi connectivity index (χ1v) is 7.77. The second kappa shape index (κ2) is 5.63. The molecule has 2 rings (SSSR count). The fraction of sp³-hybridized carbons (Fsp3) is 0.667. The molecule has 1 aromatic rings. The number of hydrogen-bond acceptors (Lipinski definition) is 3. The van der Waals surface area contributed by atoms with Crippen molar-refractivity contribution < 1.29 is 9.63 Å². The number of aryl methyl sites for hydroxylation is 1. The molecule has 1 aliphatic carbocycles. The third-order valence-corrected chi connectivity index (χ3v) is 5.08. The van der Waals surface area contributed by atoms with Gasteiger partial charge in [0.05, 0.1) is 11.5 Å². The van der Waals surface area contributed by atoms with Crippen LogP contribution in [0.2, 0.25) is 0 Å². The van der Waals surface area contributed by atoms with Crippen molar-refractivity contribution in [2.24, 2.45) is 11.3 Å². The number of carbonyl (C=O) groups is 1. The molecular formula is C15H23NO2S. The summed E-state index contributed by atoms with van der Waals surface area (Å²) in [5.74, 6) is 0.589. The Labute approximate surface area is 119 Å². The Hall–Kier alpha value is -0.870. The summed E-state index contributed by atoms with van der Waals surface area (Å²) in [4.78, 5) is 19.0. The van der Waals surface area contributed by atoms with Crippen molar-refractivity contribution >= 4 is 17.2 Å². The van der Waals surface area contributed by atoms with E-state index in [2.05, 4.69) is 26.3 Å². The highest BCUT2D eigenvalue weighted by atomic mass is 32.1. The van der Waals surface area contributed by atoms with E-state index in [9.17, 15) is 4.79 Å². The summed E-state index contributed by atoms with van der Waals surface area (Å²) >= 11 is 1.61. The summed E-state index contributed by atoms with van der Waals surface area (Å²) in [7, 11) is 0. The first-order valence-electron chi connectivity index (χ1n) is 6.95. The van der Waals surface area contributed by atoms with Crippen molar-refractivity contribution in [2.45, 2.75) is 47.0 Å². The van der Waals surface area contributed by atoms with Gasteiger partial charge >= 0.3 is 0 Å². The molecule has 0 fully saturated rings. The van der Waals surface area contributed by atoms with E-state index in [1.54, 1.807) is 11.3 Å². The SMILES string of the molecule is CCONC(=O)c1cc2c(s1)CC[C@H](C(C)(C)C)C2. The van der Waals surface area contributed by atoms with Gasteiger partial charge in [-0.3, -0.25) is 9.63 Å². The maximum Gasteiger partial charge on any atom is 0.284 e. The van der Waals surface area contributed by atoms with Crippen LogP contribution in [0.25, 0.3) is 0 Å². The largest absolute Gasteiger partial charge is 0.284 e. The maximum absolute atomic E-state index is 11.9. The van der Waals surface area contributed by atoms with Gasteiger partial charge < -0.3 is 0 Å². The van der Waals surface area contributed by atoms with Gasteiger partial charge in [0.1, 0.15) is 0 Å². The summed E-state index contributed by atoms with van der Waals surface area (Å²) in [6, 6.07) is 2.05. The van der Waals surface area contributed by atoms with Crippen LogP contribution in [-0.2, 0) is 17.7 Å². The van der Waals surface area contributed by atoms with Crippen LogP contribution in [0.15, 0.2) is 6.07 Å². The predicted octanol–water partition coefficient (Wildman–Crippen LogP) is 3.58. The quantitative estimate of drug-likeness (QED) is 0.860. The van der Waals surface area contributed by atoms with E-state index in [1.165, 1.54) is 16.9 Å². The van der Waals surface area contributed by atoms with E-state index in [1.807, 2.05) is 13.0 Å². The summed E-state index contributed by atoms with van der Waals surface area (Å²) in [6.07, 6.45) is 3.42. The lowest BCUT2D eigenvalue weighted by molar-refractivity contribution is 0.0368. The van der Waals surface area contributed by atoms with E-state index < -0.39 is 0 Å². The lowest BCUT2D eigenvalue weighted by atomic mass is 9.72. The zero-order valence-electron chi connectivity index (χ0n) is 12.2. The van der Waals surface area contributed by atoms with E-state index in [0.717, 1.165) is 17.7 Å². The number of hydroxylamine groups is 1. The molecule has 0 saturated carbocycles. The Balaban J connectivity index is 2.10. The Bertz CT molecular complexity index is 459. The van der Waals surface area contributed by atoms with Crippen LogP contribution < -0.4 is 5.48 Å². The molecule has 0 saturated heterocycles. The average molecular weight is 281 g/mol. The lowest BCUT2D eigenvalue weighted by Gasteiger charge is -2.33. The first-order chi connectivity index (χ1) is 8.91. The van der Waals surface area contributed by atoms with Gasteiger partial charge in [-0.1, -0.05) is 20.8 Å². The van der Waals surface area contributed by atoms with Crippen LogP contribution in [0.3, 0.4) is 0 Å². The normalized spacial score (nSPS) is 19.1. The van der Waals surface area contributed by atoms with E-state index in [-0.39, 0.29) is 5.91 Å². The highest BCUT2D eigenvalue weighted by Gasteiger charge is 2.30. The molecule has 0 aromatic carbocycles. The summed E-state index contributed by atoms with van der Waals surface area (Å²) in [5.41, 5.74) is 4.17. The van der Waals surface area contributed by atoms with Gasteiger partial charge in [0.15, 0.2) is 0 Å². The van der Waals surface area contributed by atoms with Gasteiger partial charge in [-0.15, -0.1) is 11.3 Å². The smallest absolute Gasteiger partial charge is 0.274 e. The number of thiophene rings is 1. The molecular weight excluding hydrogens is 258 g/mol. The standard InChI is InChI=1S/C15H23NO2S/c1-5-18-16-14(17)13-9-10-8-11(15(2,3)4)6-7-12(10)19-13/h9,11H,5-8H2,1-4H3,(H,16,17)/t11-/m0/s1. The molecule has 0 bridgehead atoms. The fourth-order valence-electron chi connectivity index (χ4n) is 2.56. The van der Waals surface area contributed by atoms with Crippen molar-refractivity contribution in [3.8, 4) is 0 Å². The van der Waals surface area contributed by atoms with Gasteiger partial charge in [0.2, 0.25) is 0 Å². The van der Waals surface area contributed by atoms with Crippen LogP contribution >= 0.6 is 11.3 Å². The number of hydrogen-bond donors (Lipinski definition) is 1. The molecule has 0 unspecified atom stereocenters. The zero-order valence-corrected chi connectivity index (χ0v) is 13.0. The average Bonchev–Trinajstić information content (AvgIpc) is 2.77. The van der Waals surface area contributed by atoms with Crippen LogP contribution in [0.5, 0.6) is 0 Å². The Morgan fingerprint density at radius 2 is 2.26 bits per heavy atom. The molecule has 0 spiro atoms. The first kappa shape index (κ1) is 14.5. The third-order valence-electron chi connectivity index (χ3n) is 3.84. The minimum absolute atomic E-state index is 0.117. The molecule has 0 radical (unpaired) electrons. The third kappa shape index (κ3) is 3.37. The fourth-order valence-corrected chi connectivity index (χ4v) is 3.66. The Morgan fingerprint density at radius 3 is 2.89 bits per heavy atom. The van der Waals surface area contributed by atoms with Crippen molar-refractivity contribution in [1.29, 1.82) is 0 Å². The molecule has 4 heteroatoms. The van der Waals surface area contributed by atoms with E-state index in [4.69, 9.17) is 4.84 Å². The Morgan fingerprint density at radius 1 is 1.53 bits per heavy atom. The minimum atomic E-state index is -0.117. The summed E-state index contributed by atoms with van der Waals surface area (Å²) in [6.45, 7) is 9.25. The number of rotatable bonds is 3. The Kier molecular flexibility index (Phi) is 4.31. The molecule has 1 amide bonds. The van der Waals surface area contributed by atoms with E-state index >= 15 is 0 Å². The molecule has 1 atom stereocenters. The van der Waals surface area contributed by atoms with Gasteiger partial charge in [0, 0.05) is 4.88 Å². The van der Waals surface area contributed by atoms with Crippen molar-refractivity contribution in [3.63, 3.8) is 0 Å². The lowest BCUT2D eigenvalue weighted by Crippen LogP contribution is -2.26. The number of nitrogens with one attached hydrogen (secondary N) is 1. The highest BCUT2D eigenvalue weighted by molar-refractivity contribution is 7.14. The van der Waals surface area contributed by atoms with Crippen LogP contribution in [0.1, 0.15) is 54.2 Å². The summed E-state index contributed by atoms with van der Waals surface area (Å²) < 4.78 is 0. The van der Waals surface area contributed by atoms with Crippen LogP contribution in [0.4, 0.5) is 0 Å². The summed E-state index contributed by atoms with van der Waals surface area (Å²) in [5, 5.41) is 0. The predicted molar refractivity (Wildman–Crippen MR) is 78.4 cm³/mol. The van der Waals surface area contributed by atoms with Gasteiger partial charge in [-0.05, 0) is 49.1 Å². The monoisotopic (exact) mass is 281 g/mol. The van der Waals surface area contributed by atoms with Crippen LogP contribution in [-0.4, -0.2) is 12.5 Å². The van der Waals surface area contributed by atoms with E-state index in [0.29, 0.717) is 17.9 Å². The van der Waals surface area contributed by atoms with Gasteiger partial charge in [-0.2, -0.15) is 0 Å². The molecule has 106 valence electrons. The molecule has 1 aromatic heterocycles. The van der Waals surface area contributed by atoms with Gasteiger partial charge in [-0.25, -0.2) is 5.48 Å². The second-order valence-corrected chi connectivity index (χ2v) is 7.37. The molecule has 0 aliphatic heterocycles. The van der Waals surface area contributed by atoms with Gasteiger partial charge in [0.25, 0.3) is 5.91 Å². The molecule has 1 heterocycles. The topological polar surface area (TPSA) is 38.3 Å². The minimum Gasteiger partial charge on any atom is -0.274 e. The second-order valence-electron chi connectivity index (χ2n) is 6.23. The van der Waals surface area contributed by atoms with Crippen LogP contribution in [0, 0.1) is 11.3 Å². The van der Waals surface area contributed by atoms with Crippen molar-refractivity contribution in [3.05, 3.63) is 21.4 Å². The number of fused-ring (bicyclic) bond motifs is 1. The van der Waals surface area contributed by atoms with Crippen molar-refractivity contribution in [2.75, 3.05) is 6.61 Å². The maximum atomic E-state index is 11.9. The number of amides is 1. The molecule has 19 heavy (non-hydrogen) atoms. The number of carbonyl (C=O) groups excluding carboxylic acids is 1.